The van der Waals surface area contributed by atoms with Crippen molar-refractivity contribution in [2.75, 3.05) is 0 Å². The van der Waals surface area contributed by atoms with E-state index in [1.54, 1.807) is 6.92 Å². The number of hydrogen-bond acceptors (Lipinski definition) is 3. The summed E-state index contributed by atoms with van der Waals surface area (Å²) in [6.07, 6.45) is 8.03. The first kappa shape index (κ1) is 17.7. The van der Waals surface area contributed by atoms with Gasteiger partial charge in [0, 0.05) is 18.3 Å². The van der Waals surface area contributed by atoms with Crippen LogP contribution in [0.3, 0.4) is 0 Å². The molecule has 3 heteroatoms. The summed E-state index contributed by atoms with van der Waals surface area (Å²) < 4.78 is 0. The van der Waals surface area contributed by atoms with E-state index in [1.165, 1.54) is 6.42 Å². The number of aliphatic hydroxyl groups is 1. The summed E-state index contributed by atoms with van der Waals surface area (Å²) in [4.78, 5) is 25.1. The largest absolute Gasteiger partial charge is 0.393 e. The Bertz CT molecular complexity index is 568. The topological polar surface area (TPSA) is 54.4 Å². The normalized spacial score (nSPS) is 50.6. The van der Waals surface area contributed by atoms with Gasteiger partial charge >= 0.3 is 0 Å². The number of carbonyl (C=O) groups is 2. The highest BCUT2D eigenvalue weighted by Gasteiger charge is 2.59. The van der Waals surface area contributed by atoms with Crippen molar-refractivity contribution >= 4 is 11.6 Å². The molecule has 4 fully saturated rings. The average molecular weight is 347 g/mol. The van der Waals surface area contributed by atoms with Crippen molar-refractivity contribution in [3.8, 4) is 0 Å². The van der Waals surface area contributed by atoms with Crippen molar-refractivity contribution in [1.82, 2.24) is 0 Å². The molecule has 0 spiro atoms. The Labute approximate surface area is 151 Å². The number of carbonyl (C=O) groups excluding carboxylic acids is 2. The molecular formula is C22H34O3. The third kappa shape index (κ3) is 2.64. The lowest BCUT2D eigenvalue weighted by atomic mass is 9.48. The highest BCUT2D eigenvalue weighted by Crippen LogP contribution is 2.64. The van der Waals surface area contributed by atoms with E-state index in [4.69, 9.17) is 0 Å². The van der Waals surface area contributed by atoms with Gasteiger partial charge in [-0.25, -0.2) is 0 Å². The second kappa shape index (κ2) is 6.18. The Morgan fingerprint density at radius 2 is 1.88 bits per heavy atom. The van der Waals surface area contributed by atoms with Crippen molar-refractivity contribution in [3.05, 3.63) is 0 Å². The van der Waals surface area contributed by atoms with Crippen molar-refractivity contribution in [2.24, 2.45) is 46.8 Å². The molecule has 0 radical (unpaired) electrons. The third-order valence-corrected chi connectivity index (χ3v) is 9.01. The third-order valence-electron chi connectivity index (χ3n) is 9.01. The van der Waals surface area contributed by atoms with Crippen LogP contribution in [0.25, 0.3) is 0 Å². The molecule has 0 aromatic rings. The van der Waals surface area contributed by atoms with E-state index in [2.05, 4.69) is 6.92 Å². The molecule has 0 aliphatic heterocycles. The highest BCUT2D eigenvalue weighted by molar-refractivity contribution is 5.83. The summed E-state index contributed by atoms with van der Waals surface area (Å²) >= 11 is 0. The lowest BCUT2D eigenvalue weighted by Gasteiger charge is -2.55. The number of rotatable bonds is 2. The van der Waals surface area contributed by atoms with Gasteiger partial charge in [0.2, 0.25) is 0 Å². The summed E-state index contributed by atoms with van der Waals surface area (Å²) in [5.74, 6) is 3.86. The van der Waals surface area contributed by atoms with Crippen LogP contribution in [0.5, 0.6) is 0 Å². The van der Waals surface area contributed by atoms with Crippen LogP contribution in [-0.2, 0) is 9.59 Å². The molecule has 0 amide bonds. The minimum Gasteiger partial charge on any atom is -0.393 e. The van der Waals surface area contributed by atoms with Crippen LogP contribution < -0.4 is 0 Å². The maximum absolute atomic E-state index is 12.9. The number of aliphatic hydroxyl groups excluding tert-OH is 1. The molecule has 0 aromatic carbocycles. The molecule has 4 rings (SSSR count). The first-order valence-corrected chi connectivity index (χ1v) is 10.5. The van der Waals surface area contributed by atoms with E-state index in [0.29, 0.717) is 41.2 Å². The molecule has 4 saturated carbocycles. The molecule has 9 atom stereocenters. The fourth-order valence-electron chi connectivity index (χ4n) is 7.74. The molecule has 0 aromatic heterocycles. The van der Waals surface area contributed by atoms with Gasteiger partial charge in [0.05, 0.1) is 6.10 Å². The molecule has 0 heterocycles. The minimum absolute atomic E-state index is 0.123. The molecule has 4 aliphatic rings. The van der Waals surface area contributed by atoms with Gasteiger partial charge in [0.1, 0.15) is 11.6 Å². The summed E-state index contributed by atoms with van der Waals surface area (Å²) in [5, 5.41) is 10.1. The Kier molecular flexibility index (Phi) is 4.38. The van der Waals surface area contributed by atoms with Gasteiger partial charge in [-0.1, -0.05) is 6.92 Å². The molecule has 2 unspecified atom stereocenters. The first-order chi connectivity index (χ1) is 11.8. The minimum atomic E-state index is -0.251. The standard InChI is InChI=1S/C22H34O3/c1-12(23)14-4-5-16-17(10-14)15-8-9-22(3)19(13(2)24)6-7-20(22)18(15)11-21(16)25/h12,14-20,23H,4-11H2,1-3H3/t12?,14?,15-,16-,17-,18-,19-,20+,22-/m1/s1. The maximum atomic E-state index is 12.9. The van der Waals surface area contributed by atoms with Crippen LogP contribution in [0, 0.1) is 46.8 Å². The molecular weight excluding hydrogens is 312 g/mol. The average Bonchev–Trinajstić information content (AvgIpc) is 2.92. The molecule has 4 aliphatic carbocycles. The SMILES string of the molecule is CC(=O)[C@H]1CC[C@H]2[C@@H]3CC(=O)[C@@H]4CCC(C(C)O)C[C@@H]4[C@H]3CC[C@]12C. The van der Waals surface area contributed by atoms with Crippen molar-refractivity contribution < 1.29 is 14.7 Å². The van der Waals surface area contributed by atoms with Crippen LogP contribution in [0.1, 0.15) is 72.1 Å². The van der Waals surface area contributed by atoms with Gasteiger partial charge in [0.25, 0.3) is 0 Å². The number of hydrogen-bond donors (Lipinski definition) is 1. The van der Waals surface area contributed by atoms with Gasteiger partial charge in [-0.3, -0.25) is 9.59 Å². The number of ketones is 2. The Balaban J connectivity index is 1.60. The van der Waals surface area contributed by atoms with Crippen LogP contribution in [0.15, 0.2) is 0 Å². The first-order valence-electron chi connectivity index (χ1n) is 10.5. The summed E-state index contributed by atoms with van der Waals surface area (Å²) in [5.41, 5.74) is 0.123. The lowest BCUT2D eigenvalue weighted by molar-refractivity contribution is -0.144. The number of Topliss-reactive ketones (excluding diaryl/α,β-unsaturated/α-hetero) is 2. The Hall–Kier alpha value is -0.700. The smallest absolute Gasteiger partial charge is 0.136 e. The van der Waals surface area contributed by atoms with Gasteiger partial charge in [-0.05, 0) is 93.8 Å². The van der Waals surface area contributed by atoms with Gasteiger partial charge in [-0.15, -0.1) is 0 Å². The second-order valence-corrected chi connectivity index (χ2v) is 9.97. The van der Waals surface area contributed by atoms with Crippen molar-refractivity contribution in [3.63, 3.8) is 0 Å². The molecule has 0 bridgehead atoms. The lowest BCUT2D eigenvalue weighted by Crippen LogP contribution is -2.52. The Morgan fingerprint density at radius 1 is 1.12 bits per heavy atom. The fourth-order valence-corrected chi connectivity index (χ4v) is 7.74. The van der Waals surface area contributed by atoms with Gasteiger partial charge in [-0.2, -0.15) is 0 Å². The zero-order valence-corrected chi connectivity index (χ0v) is 16.0. The van der Waals surface area contributed by atoms with E-state index in [-0.39, 0.29) is 23.4 Å². The van der Waals surface area contributed by atoms with Crippen molar-refractivity contribution in [1.29, 1.82) is 0 Å². The number of fused-ring (bicyclic) bond motifs is 5. The van der Waals surface area contributed by atoms with Gasteiger partial charge < -0.3 is 5.11 Å². The molecule has 140 valence electrons. The van der Waals surface area contributed by atoms with E-state index >= 15 is 0 Å². The zero-order chi connectivity index (χ0) is 17.9. The van der Waals surface area contributed by atoms with Crippen LogP contribution in [-0.4, -0.2) is 22.8 Å². The summed E-state index contributed by atoms with van der Waals surface area (Å²) in [6, 6.07) is 0. The quantitative estimate of drug-likeness (QED) is 0.821. The molecule has 25 heavy (non-hydrogen) atoms. The predicted octanol–water partition coefficient (Wildman–Crippen LogP) is 4.02. The monoisotopic (exact) mass is 346 g/mol. The molecule has 3 nitrogen and oxygen atoms in total. The Morgan fingerprint density at radius 3 is 2.56 bits per heavy atom. The van der Waals surface area contributed by atoms with E-state index in [0.717, 1.165) is 44.9 Å². The van der Waals surface area contributed by atoms with Crippen LogP contribution in [0.4, 0.5) is 0 Å². The summed E-state index contributed by atoms with van der Waals surface area (Å²) in [6.45, 7) is 6.02. The van der Waals surface area contributed by atoms with Gasteiger partial charge in [0.15, 0.2) is 0 Å². The van der Waals surface area contributed by atoms with Crippen LogP contribution >= 0.6 is 0 Å². The van der Waals surface area contributed by atoms with E-state index < -0.39 is 0 Å². The predicted molar refractivity (Wildman–Crippen MR) is 96.8 cm³/mol. The maximum Gasteiger partial charge on any atom is 0.136 e. The van der Waals surface area contributed by atoms with Crippen molar-refractivity contribution in [2.45, 2.75) is 78.2 Å². The fraction of sp³-hybridized carbons (Fsp3) is 0.909. The molecule has 1 N–H and O–H groups in total. The zero-order valence-electron chi connectivity index (χ0n) is 16.0. The highest BCUT2D eigenvalue weighted by atomic mass is 16.3. The second-order valence-electron chi connectivity index (χ2n) is 9.97. The van der Waals surface area contributed by atoms with E-state index in [9.17, 15) is 14.7 Å². The van der Waals surface area contributed by atoms with Crippen LogP contribution in [0.2, 0.25) is 0 Å². The van der Waals surface area contributed by atoms with E-state index in [1.807, 2.05) is 6.92 Å². The molecule has 0 saturated heterocycles. The summed E-state index contributed by atoms with van der Waals surface area (Å²) in [7, 11) is 0.